The Morgan fingerprint density at radius 3 is 2.72 bits per heavy atom. The van der Waals surface area contributed by atoms with Gasteiger partial charge in [0.1, 0.15) is 11.5 Å². The molecule has 0 atom stereocenters. The average Bonchev–Trinajstić information content (AvgIpc) is 2.40. The SMILES string of the molecule is NCc1cnc(Cc2cccnc2)nc1C(F)F. The number of hydrogen-bond acceptors (Lipinski definition) is 4. The van der Waals surface area contributed by atoms with Gasteiger partial charge < -0.3 is 5.73 Å². The van der Waals surface area contributed by atoms with E-state index >= 15 is 0 Å². The number of hydrogen-bond donors (Lipinski definition) is 1. The smallest absolute Gasteiger partial charge is 0.280 e. The van der Waals surface area contributed by atoms with E-state index in [0.29, 0.717) is 12.2 Å². The molecular formula is C12H12F2N4. The second kappa shape index (κ2) is 5.59. The summed E-state index contributed by atoms with van der Waals surface area (Å²) in [6, 6.07) is 3.62. The zero-order valence-corrected chi connectivity index (χ0v) is 9.55. The molecule has 94 valence electrons. The van der Waals surface area contributed by atoms with Crippen LogP contribution in [0, 0.1) is 0 Å². The van der Waals surface area contributed by atoms with Gasteiger partial charge in [0.2, 0.25) is 0 Å². The standard InChI is InChI=1S/C12H12F2N4/c13-12(14)11-9(5-15)7-17-10(18-11)4-8-2-1-3-16-6-8/h1-3,6-7,12H,4-5,15H2. The van der Waals surface area contributed by atoms with Crippen LogP contribution < -0.4 is 5.73 Å². The van der Waals surface area contributed by atoms with Crippen LogP contribution in [0.4, 0.5) is 8.78 Å². The highest BCUT2D eigenvalue weighted by atomic mass is 19.3. The third-order valence-corrected chi connectivity index (χ3v) is 2.46. The lowest BCUT2D eigenvalue weighted by Gasteiger charge is -2.07. The van der Waals surface area contributed by atoms with Crippen LogP contribution in [-0.2, 0) is 13.0 Å². The van der Waals surface area contributed by atoms with Crippen molar-refractivity contribution in [1.29, 1.82) is 0 Å². The highest BCUT2D eigenvalue weighted by Crippen LogP contribution is 2.20. The molecule has 6 heteroatoms. The Morgan fingerprint density at radius 1 is 1.28 bits per heavy atom. The molecule has 0 unspecified atom stereocenters. The van der Waals surface area contributed by atoms with Gasteiger partial charge in [0, 0.05) is 37.1 Å². The number of nitrogens with two attached hydrogens (primary N) is 1. The van der Waals surface area contributed by atoms with Crippen LogP contribution in [0.3, 0.4) is 0 Å². The second-order valence-electron chi connectivity index (χ2n) is 3.74. The highest BCUT2D eigenvalue weighted by Gasteiger charge is 2.15. The van der Waals surface area contributed by atoms with E-state index in [9.17, 15) is 8.78 Å². The van der Waals surface area contributed by atoms with Gasteiger partial charge in [-0.3, -0.25) is 4.98 Å². The van der Waals surface area contributed by atoms with E-state index in [1.165, 1.54) is 6.20 Å². The Labute approximate surface area is 103 Å². The van der Waals surface area contributed by atoms with Crippen molar-refractivity contribution in [3.8, 4) is 0 Å². The van der Waals surface area contributed by atoms with Crippen LogP contribution >= 0.6 is 0 Å². The maximum Gasteiger partial charge on any atom is 0.280 e. The molecule has 0 saturated carbocycles. The Balaban J connectivity index is 2.27. The molecule has 0 aliphatic heterocycles. The fourth-order valence-corrected chi connectivity index (χ4v) is 1.57. The fraction of sp³-hybridized carbons (Fsp3) is 0.250. The predicted octanol–water partition coefficient (Wildman–Crippen LogP) is 1.86. The van der Waals surface area contributed by atoms with Crippen molar-refractivity contribution >= 4 is 0 Å². The summed E-state index contributed by atoms with van der Waals surface area (Å²) in [5.74, 6) is 0.343. The summed E-state index contributed by atoms with van der Waals surface area (Å²) in [5.41, 5.74) is 6.23. The lowest BCUT2D eigenvalue weighted by atomic mass is 10.2. The Morgan fingerprint density at radius 2 is 2.11 bits per heavy atom. The van der Waals surface area contributed by atoms with Crippen LogP contribution in [0.25, 0.3) is 0 Å². The van der Waals surface area contributed by atoms with Crippen molar-refractivity contribution in [2.45, 2.75) is 19.4 Å². The third-order valence-electron chi connectivity index (χ3n) is 2.46. The number of halogens is 2. The Hall–Kier alpha value is -1.95. The number of nitrogens with zero attached hydrogens (tertiary/aromatic N) is 3. The summed E-state index contributed by atoms with van der Waals surface area (Å²) in [6.45, 7) is 0.00679. The first-order valence-electron chi connectivity index (χ1n) is 5.42. The minimum atomic E-state index is -2.64. The molecule has 4 nitrogen and oxygen atoms in total. The van der Waals surface area contributed by atoms with Crippen LogP contribution in [-0.4, -0.2) is 15.0 Å². The quantitative estimate of drug-likeness (QED) is 0.899. The normalized spacial score (nSPS) is 10.9. The molecule has 0 spiro atoms. The topological polar surface area (TPSA) is 64.7 Å². The van der Waals surface area contributed by atoms with Crippen molar-refractivity contribution in [3.05, 3.63) is 53.4 Å². The Bertz CT molecular complexity index is 517. The Kier molecular flexibility index (Phi) is 3.88. The van der Waals surface area contributed by atoms with Crippen LogP contribution in [0.5, 0.6) is 0 Å². The second-order valence-corrected chi connectivity index (χ2v) is 3.74. The molecule has 2 N–H and O–H groups in total. The van der Waals surface area contributed by atoms with Crippen molar-refractivity contribution < 1.29 is 8.78 Å². The molecule has 0 bridgehead atoms. The number of alkyl halides is 2. The van der Waals surface area contributed by atoms with E-state index < -0.39 is 6.43 Å². The van der Waals surface area contributed by atoms with Crippen molar-refractivity contribution in [3.63, 3.8) is 0 Å². The van der Waals surface area contributed by atoms with Gasteiger partial charge in [0.25, 0.3) is 6.43 Å². The number of rotatable bonds is 4. The summed E-state index contributed by atoms with van der Waals surface area (Å²) in [7, 11) is 0. The van der Waals surface area contributed by atoms with Crippen LogP contribution in [0.15, 0.2) is 30.7 Å². The van der Waals surface area contributed by atoms with E-state index in [4.69, 9.17) is 5.73 Å². The molecule has 2 aromatic heterocycles. The molecule has 0 aliphatic rings. The van der Waals surface area contributed by atoms with Gasteiger partial charge in [-0.1, -0.05) is 6.07 Å². The van der Waals surface area contributed by atoms with Gasteiger partial charge in [-0.2, -0.15) is 0 Å². The lowest BCUT2D eigenvalue weighted by molar-refractivity contribution is 0.144. The van der Waals surface area contributed by atoms with E-state index in [0.717, 1.165) is 5.56 Å². The maximum atomic E-state index is 12.8. The molecule has 2 rings (SSSR count). The predicted molar refractivity (Wildman–Crippen MR) is 61.9 cm³/mol. The van der Waals surface area contributed by atoms with Gasteiger partial charge in [0.05, 0.1) is 0 Å². The molecule has 0 aliphatic carbocycles. The molecule has 0 radical (unpaired) electrons. The van der Waals surface area contributed by atoms with Crippen LogP contribution in [0.1, 0.15) is 29.1 Å². The van der Waals surface area contributed by atoms with Crippen LogP contribution in [0.2, 0.25) is 0 Å². The number of pyridine rings is 1. The van der Waals surface area contributed by atoms with Gasteiger partial charge in [-0.05, 0) is 11.6 Å². The largest absolute Gasteiger partial charge is 0.326 e. The summed E-state index contributed by atoms with van der Waals surface area (Å²) in [5, 5.41) is 0. The van der Waals surface area contributed by atoms with Gasteiger partial charge in [0.15, 0.2) is 0 Å². The maximum absolute atomic E-state index is 12.8. The van der Waals surface area contributed by atoms with E-state index in [1.807, 2.05) is 6.07 Å². The number of aromatic nitrogens is 3. The lowest BCUT2D eigenvalue weighted by Crippen LogP contribution is -2.09. The first-order valence-corrected chi connectivity index (χ1v) is 5.42. The first-order chi connectivity index (χ1) is 8.70. The summed E-state index contributed by atoms with van der Waals surface area (Å²) < 4.78 is 25.6. The summed E-state index contributed by atoms with van der Waals surface area (Å²) in [4.78, 5) is 11.9. The van der Waals surface area contributed by atoms with Crippen molar-refractivity contribution in [2.24, 2.45) is 5.73 Å². The minimum Gasteiger partial charge on any atom is -0.326 e. The van der Waals surface area contributed by atoms with E-state index in [-0.39, 0.29) is 17.8 Å². The van der Waals surface area contributed by atoms with E-state index in [2.05, 4.69) is 15.0 Å². The van der Waals surface area contributed by atoms with Gasteiger partial charge >= 0.3 is 0 Å². The van der Waals surface area contributed by atoms with Gasteiger partial charge in [-0.25, -0.2) is 18.7 Å². The zero-order valence-electron chi connectivity index (χ0n) is 9.55. The summed E-state index contributed by atoms with van der Waals surface area (Å²) in [6.07, 6.45) is 2.40. The average molecular weight is 250 g/mol. The monoisotopic (exact) mass is 250 g/mol. The molecular weight excluding hydrogens is 238 g/mol. The zero-order chi connectivity index (χ0) is 13.0. The third kappa shape index (κ3) is 2.84. The van der Waals surface area contributed by atoms with Crippen molar-refractivity contribution in [1.82, 2.24) is 15.0 Å². The molecule has 18 heavy (non-hydrogen) atoms. The first kappa shape index (κ1) is 12.5. The molecule has 0 saturated heterocycles. The van der Waals surface area contributed by atoms with Gasteiger partial charge in [-0.15, -0.1) is 0 Å². The molecule has 2 aromatic rings. The highest BCUT2D eigenvalue weighted by molar-refractivity contribution is 5.21. The van der Waals surface area contributed by atoms with E-state index in [1.54, 1.807) is 18.5 Å². The summed E-state index contributed by atoms with van der Waals surface area (Å²) >= 11 is 0. The van der Waals surface area contributed by atoms with Crippen molar-refractivity contribution in [2.75, 3.05) is 0 Å². The molecule has 0 aromatic carbocycles. The molecule has 0 amide bonds. The molecule has 0 fully saturated rings. The minimum absolute atomic E-state index is 0.00679. The fourth-order valence-electron chi connectivity index (χ4n) is 1.57. The molecule has 2 heterocycles.